The van der Waals surface area contributed by atoms with E-state index in [-0.39, 0.29) is 0 Å². The Morgan fingerprint density at radius 3 is 2.81 bits per heavy atom. The number of ether oxygens (including phenoxy) is 1. The van der Waals surface area contributed by atoms with Crippen LogP contribution in [0.5, 0.6) is 0 Å². The molecule has 1 aromatic rings. The molecule has 3 rings (SSSR count). The molecule has 1 aromatic heterocycles. The van der Waals surface area contributed by atoms with Gasteiger partial charge in [-0.05, 0) is 6.92 Å². The molecule has 2 aliphatic heterocycles. The molecule has 5 heteroatoms. The number of hydrogen-bond donors (Lipinski definition) is 1. The first-order valence-corrected chi connectivity index (χ1v) is 5.74. The molecule has 0 saturated carbocycles. The van der Waals surface area contributed by atoms with Crippen molar-refractivity contribution >= 4 is 5.95 Å². The maximum Gasteiger partial charge on any atom is 0.225 e. The van der Waals surface area contributed by atoms with Crippen LogP contribution in [0.2, 0.25) is 0 Å². The Kier molecular flexibility index (Phi) is 2.49. The van der Waals surface area contributed by atoms with E-state index >= 15 is 0 Å². The maximum atomic E-state index is 5.33. The Balaban J connectivity index is 1.92. The van der Waals surface area contributed by atoms with Crippen molar-refractivity contribution in [1.29, 1.82) is 0 Å². The van der Waals surface area contributed by atoms with Crippen molar-refractivity contribution in [3.05, 3.63) is 17.0 Å². The summed E-state index contributed by atoms with van der Waals surface area (Å²) in [5.41, 5.74) is 3.54. The Morgan fingerprint density at radius 2 is 2.00 bits per heavy atom. The smallest absolute Gasteiger partial charge is 0.225 e. The van der Waals surface area contributed by atoms with Crippen LogP contribution in [0.4, 0.5) is 5.95 Å². The largest absolute Gasteiger partial charge is 0.378 e. The SMILES string of the molecule is Cc1nc(N2CCOCC2)nc2c1CNC2. The molecule has 0 amide bonds. The van der Waals surface area contributed by atoms with E-state index in [2.05, 4.69) is 27.1 Å². The summed E-state index contributed by atoms with van der Waals surface area (Å²) in [7, 11) is 0. The molecule has 0 radical (unpaired) electrons. The Hall–Kier alpha value is -1.20. The van der Waals surface area contributed by atoms with Gasteiger partial charge in [0.2, 0.25) is 5.95 Å². The van der Waals surface area contributed by atoms with Crippen LogP contribution in [-0.4, -0.2) is 36.3 Å². The van der Waals surface area contributed by atoms with Crippen LogP contribution in [-0.2, 0) is 17.8 Å². The molecule has 16 heavy (non-hydrogen) atoms. The van der Waals surface area contributed by atoms with Crippen molar-refractivity contribution in [2.75, 3.05) is 31.2 Å². The first-order valence-electron chi connectivity index (χ1n) is 5.74. The van der Waals surface area contributed by atoms with Gasteiger partial charge in [-0.3, -0.25) is 0 Å². The van der Waals surface area contributed by atoms with E-state index < -0.39 is 0 Å². The number of anilines is 1. The number of rotatable bonds is 1. The molecule has 86 valence electrons. The van der Waals surface area contributed by atoms with Crippen molar-refractivity contribution < 1.29 is 4.74 Å². The van der Waals surface area contributed by atoms with Crippen LogP contribution >= 0.6 is 0 Å². The topological polar surface area (TPSA) is 50.3 Å². The van der Waals surface area contributed by atoms with Crippen molar-refractivity contribution in [2.45, 2.75) is 20.0 Å². The monoisotopic (exact) mass is 220 g/mol. The lowest BCUT2D eigenvalue weighted by Gasteiger charge is -2.27. The van der Waals surface area contributed by atoms with Crippen LogP contribution in [0.1, 0.15) is 17.0 Å². The molecule has 1 N–H and O–H groups in total. The summed E-state index contributed by atoms with van der Waals surface area (Å²) >= 11 is 0. The first-order chi connectivity index (χ1) is 7.84. The molecule has 0 unspecified atom stereocenters. The molecule has 5 nitrogen and oxygen atoms in total. The number of hydrogen-bond acceptors (Lipinski definition) is 5. The number of nitrogens with one attached hydrogen (secondary N) is 1. The minimum atomic E-state index is 0.776. The van der Waals surface area contributed by atoms with E-state index in [1.807, 2.05) is 0 Å². The fourth-order valence-corrected chi connectivity index (χ4v) is 2.23. The van der Waals surface area contributed by atoms with Gasteiger partial charge in [-0.25, -0.2) is 9.97 Å². The normalized spacial score (nSPS) is 19.9. The zero-order chi connectivity index (χ0) is 11.0. The molecule has 1 fully saturated rings. The minimum Gasteiger partial charge on any atom is -0.378 e. The highest BCUT2D eigenvalue weighted by Crippen LogP contribution is 2.20. The first kappa shape index (κ1) is 9.99. The summed E-state index contributed by atoms with van der Waals surface area (Å²) in [4.78, 5) is 11.4. The third-order valence-corrected chi connectivity index (χ3v) is 3.18. The minimum absolute atomic E-state index is 0.776. The highest BCUT2D eigenvalue weighted by Gasteiger charge is 2.20. The van der Waals surface area contributed by atoms with Crippen LogP contribution in [0.3, 0.4) is 0 Å². The summed E-state index contributed by atoms with van der Waals surface area (Å²) in [6.45, 7) is 7.19. The summed E-state index contributed by atoms with van der Waals surface area (Å²) in [6, 6.07) is 0. The Morgan fingerprint density at radius 1 is 1.19 bits per heavy atom. The lowest BCUT2D eigenvalue weighted by atomic mass is 10.2. The van der Waals surface area contributed by atoms with E-state index in [9.17, 15) is 0 Å². The van der Waals surface area contributed by atoms with Gasteiger partial charge in [0.1, 0.15) is 0 Å². The second-order valence-corrected chi connectivity index (χ2v) is 4.24. The van der Waals surface area contributed by atoms with Crippen LogP contribution in [0, 0.1) is 6.92 Å². The Labute approximate surface area is 94.8 Å². The van der Waals surface area contributed by atoms with Gasteiger partial charge in [-0.2, -0.15) is 0 Å². The van der Waals surface area contributed by atoms with E-state index in [4.69, 9.17) is 4.74 Å². The maximum absolute atomic E-state index is 5.33. The molecule has 0 spiro atoms. The van der Waals surface area contributed by atoms with Crippen molar-refractivity contribution in [2.24, 2.45) is 0 Å². The lowest BCUT2D eigenvalue weighted by Crippen LogP contribution is -2.37. The van der Waals surface area contributed by atoms with Gasteiger partial charge in [-0.1, -0.05) is 0 Å². The quantitative estimate of drug-likeness (QED) is 0.734. The highest BCUT2D eigenvalue weighted by molar-refractivity contribution is 5.38. The van der Waals surface area contributed by atoms with E-state index in [1.165, 1.54) is 5.56 Å². The summed E-state index contributed by atoms with van der Waals surface area (Å²) < 4.78 is 5.33. The van der Waals surface area contributed by atoms with Crippen molar-refractivity contribution in [3.63, 3.8) is 0 Å². The number of morpholine rings is 1. The van der Waals surface area contributed by atoms with Crippen LogP contribution in [0.15, 0.2) is 0 Å². The van der Waals surface area contributed by atoms with Gasteiger partial charge in [0.25, 0.3) is 0 Å². The molecular weight excluding hydrogens is 204 g/mol. The van der Waals surface area contributed by atoms with Crippen molar-refractivity contribution in [3.8, 4) is 0 Å². The van der Waals surface area contributed by atoms with Gasteiger partial charge < -0.3 is 15.0 Å². The fourth-order valence-electron chi connectivity index (χ4n) is 2.23. The third kappa shape index (κ3) is 1.66. The second-order valence-electron chi connectivity index (χ2n) is 4.24. The molecule has 1 saturated heterocycles. The van der Waals surface area contributed by atoms with Gasteiger partial charge in [0.05, 0.1) is 18.9 Å². The Bertz CT molecular complexity index is 401. The average Bonchev–Trinajstić information content (AvgIpc) is 2.79. The number of aryl methyl sites for hydroxylation is 1. The molecule has 0 atom stereocenters. The third-order valence-electron chi connectivity index (χ3n) is 3.18. The van der Waals surface area contributed by atoms with Crippen LogP contribution in [0.25, 0.3) is 0 Å². The van der Waals surface area contributed by atoms with E-state index in [1.54, 1.807) is 0 Å². The van der Waals surface area contributed by atoms with E-state index in [0.717, 1.165) is 56.7 Å². The van der Waals surface area contributed by atoms with Crippen molar-refractivity contribution in [1.82, 2.24) is 15.3 Å². The molecule has 0 aromatic carbocycles. The van der Waals surface area contributed by atoms with Gasteiger partial charge in [-0.15, -0.1) is 0 Å². The number of aromatic nitrogens is 2. The predicted molar refractivity (Wildman–Crippen MR) is 60.3 cm³/mol. The van der Waals surface area contributed by atoms with Gasteiger partial charge >= 0.3 is 0 Å². The predicted octanol–water partition coefficient (Wildman–Crippen LogP) is 0.225. The molecule has 0 aliphatic carbocycles. The fraction of sp³-hybridized carbons (Fsp3) is 0.636. The zero-order valence-corrected chi connectivity index (χ0v) is 9.49. The average molecular weight is 220 g/mol. The zero-order valence-electron chi connectivity index (χ0n) is 9.49. The highest BCUT2D eigenvalue weighted by atomic mass is 16.5. The molecule has 2 aliphatic rings. The summed E-state index contributed by atoms with van der Waals surface area (Å²) in [5.74, 6) is 0.864. The summed E-state index contributed by atoms with van der Waals surface area (Å²) in [5, 5.41) is 3.31. The molecular formula is C11H16N4O. The van der Waals surface area contributed by atoms with Crippen LogP contribution < -0.4 is 10.2 Å². The lowest BCUT2D eigenvalue weighted by molar-refractivity contribution is 0.122. The molecule has 3 heterocycles. The second kappa shape index (κ2) is 3.99. The number of nitrogens with zero attached hydrogens (tertiary/aromatic N) is 3. The summed E-state index contributed by atoms with van der Waals surface area (Å²) in [6.07, 6.45) is 0. The van der Waals surface area contributed by atoms with Gasteiger partial charge in [0, 0.05) is 37.4 Å². The molecule has 0 bridgehead atoms. The standard InChI is InChI=1S/C11H16N4O/c1-8-9-6-12-7-10(9)14-11(13-8)15-2-4-16-5-3-15/h12H,2-7H2,1H3. The van der Waals surface area contributed by atoms with Gasteiger partial charge in [0.15, 0.2) is 0 Å². The van der Waals surface area contributed by atoms with E-state index in [0.29, 0.717) is 0 Å². The number of fused-ring (bicyclic) bond motifs is 1.